The van der Waals surface area contributed by atoms with Crippen LogP contribution in [0.25, 0.3) is 22.2 Å². The molecule has 0 unspecified atom stereocenters. The fourth-order valence-electron chi connectivity index (χ4n) is 4.23. The number of benzene rings is 1. The molecular formula is C22H27N5O. The average molecular weight is 377 g/mol. The molecule has 2 aromatic heterocycles. The minimum Gasteiger partial charge on any atom is -0.390 e. The second-order valence-electron chi connectivity index (χ2n) is 8.10. The van der Waals surface area contributed by atoms with Crippen LogP contribution in [0.5, 0.6) is 0 Å². The predicted molar refractivity (Wildman–Crippen MR) is 113 cm³/mol. The predicted octanol–water partition coefficient (Wildman–Crippen LogP) is 2.16. The van der Waals surface area contributed by atoms with Crippen LogP contribution in [0.4, 0.5) is 5.69 Å². The third kappa shape index (κ3) is 3.39. The lowest BCUT2D eigenvalue weighted by Gasteiger charge is -2.35. The van der Waals surface area contributed by atoms with E-state index in [0.717, 1.165) is 68.0 Å². The van der Waals surface area contributed by atoms with Crippen LogP contribution in [0.3, 0.4) is 0 Å². The van der Waals surface area contributed by atoms with E-state index in [0.29, 0.717) is 0 Å². The molecule has 28 heavy (non-hydrogen) atoms. The lowest BCUT2D eigenvalue weighted by molar-refractivity contribution is -0.00342. The number of piperazine rings is 1. The molecule has 6 nitrogen and oxygen atoms in total. The van der Waals surface area contributed by atoms with Gasteiger partial charge in [-0.25, -0.2) is 0 Å². The average Bonchev–Trinajstić information content (AvgIpc) is 3.10. The Morgan fingerprint density at radius 1 is 1.07 bits per heavy atom. The van der Waals surface area contributed by atoms with Gasteiger partial charge in [0.05, 0.1) is 11.8 Å². The second kappa shape index (κ2) is 7.20. The molecule has 6 heteroatoms. The van der Waals surface area contributed by atoms with Crippen LogP contribution in [-0.2, 0) is 6.54 Å². The molecule has 0 radical (unpaired) electrons. The number of hydrogen-bond acceptors (Lipinski definition) is 5. The molecule has 146 valence electrons. The van der Waals surface area contributed by atoms with Crippen LogP contribution < -0.4 is 4.90 Å². The molecule has 0 bridgehead atoms. The first-order valence-corrected chi connectivity index (χ1v) is 10.1. The number of anilines is 1. The number of nitrogens with one attached hydrogen (secondary N) is 1. The Morgan fingerprint density at radius 3 is 2.54 bits per heavy atom. The lowest BCUT2D eigenvalue weighted by atomic mass is 10.1. The lowest BCUT2D eigenvalue weighted by Crippen LogP contribution is -2.49. The van der Waals surface area contributed by atoms with Gasteiger partial charge < -0.3 is 19.9 Å². The highest BCUT2D eigenvalue weighted by atomic mass is 16.3. The number of aliphatic hydroxyl groups excluding tert-OH is 1. The summed E-state index contributed by atoms with van der Waals surface area (Å²) in [6.07, 6.45) is 1.71. The number of hydrogen-bond donors (Lipinski definition) is 2. The van der Waals surface area contributed by atoms with Gasteiger partial charge in [0, 0.05) is 79.9 Å². The Bertz CT molecular complexity index is 953. The normalized spacial score (nSPS) is 19.3. The molecular weight excluding hydrogens is 350 g/mol. The monoisotopic (exact) mass is 377 g/mol. The molecule has 2 N–H and O–H groups in total. The van der Waals surface area contributed by atoms with Crippen molar-refractivity contribution in [2.75, 3.05) is 51.2 Å². The van der Waals surface area contributed by atoms with E-state index >= 15 is 0 Å². The van der Waals surface area contributed by atoms with Crippen molar-refractivity contribution in [3.8, 4) is 11.3 Å². The molecule has 2 fully saturated rings. The molecule has 2 aliphatic heterocycles. The van der Waals surface area contributed by atoms with Gasteiger partial charge in [0.2, 0.25) is 0 Å². The molecule has 2 saturated heterocycles. The van der Waals surface area contributed by atoms with Gasteiger partial charge >= 0.3 is 0 Å². The van der Waals surface area contributed by atoms with Gasteiger partial charge in [0.25, 0.3) is 0 Å². The van der Waals surface area contributed by atoms with Crippen molar-refractivity contribution in [3.63, 3.8) is 0 Å². The number of pyridine rings is 1. The standard InChI is InChI=1S/C22H27N5O/c1-25-8-10-27(11-9-25)18-4-2-16(3-5-18)22-20-12-17(13-26-14-19(28)15-26)24-21(20)6-7-23-22/h2-7,12,19,24,28H,8-11,13-15H2,1H3. The molecule has 0 saturated carbocycles. The van der Waals surface area contributed by atoms with E-state index in [1.165, 1.54) is 11.4 Å². The smallest absolute Gasteiger partial charge is 0.0795 e. The maximum atomic E-state index is 9.49. The Morgan fingerprint density at radius 2 is 1.82 bits per heavy atom. The first-order valence-electron chi connectivity index (χ1n) is 10.1. The molecule has 1 aromatic carbocycles. The maximum absolute atomic E-state index is 9.49. The summed E-state index contributed by atoms with van der Waals surface area (Å²) in [5.41, 5.74) is 5.74. The van der Waals surface area contributed by atoms with Crippen LogP contribution in [0.1, 0.15) is 5.69 Å². The van der Waals surface area contributed by atoms with Crippen molar-refractivity contribution < 1.29 is 5.11 Å². The number of likely N-dealkylation sites (tertiary alicyclic amines) is 1. The molecule has 0 spiro atoms. The third-order valence-electron chi connectivity index (χ3n) is 5.94. The van der Waals surface area contributed by atoms with Crippen LogP contribution in [-0.4, -0.2) is 77.3 Å². The second-order valence-corrected chi connectivity index (χ2v) is 8.10. The highest BCUT2D eigenvalue weighted by molar-refractivity contribution is 5.93. The summed E-state index contributed by atoms with van der Waals surface area (Å²) < 4.78 is 0. The maximum Gasteiger partial charge on any atom is 0.0795 e. The number of rotatable bonds is 4. The fourth-order valence-corrected chi connectivity index (χ4v) is 4.23. The summed E-state index contributed by atoms with van der Waals surface area (Å²) in [5.74, 6) is 0. The quantitative estimate of drug-likeness (QED) is 0.730. The van der Waals surface area contributed by atoms with Crippen molar-refractivity contribution in [2.45, 2.75) is 12.6 Å². The van der Waals surface area contributed by atoms with Crippen molar-refractivity contribution in [1.29, 1.82) is 0 Å². The highest BCUT2D eigenvalue weighted by Gasteiger charge is 2.24. The zero-order valence-corrected chi connectivity index (χ0v) is 16.3. The molecule has 4 heterocycles. The van der Waals surface area contributed by atoms with Crippen LogP contribution in [0.2, 0.25) is 0 Å². The van der Waals surface area contributed by atoms with E-state index in [4.69, 9.17) is 0 Å². The molecule has 0 atom stereocenters. The van der Waals surface area contributed by atoms with Gasteiger partial charge in [0.1, 0.15) is 0 Å². The zero-order valence-electron chi connectivity index (χ0n) is 16.3. The van der Waals surface area contributed by atoms with Crippen molar-refractivity contribution in [3.05, 3.63) is 48.3 Å². The van der Waals surface area contributed by atoms with Crippen LogP contribution in [0, 0.1) is 0 Å². The van der Waals surface area contributed by atoms with Crippen molar-refractivity contribution in [1.82, 2.24) is 19.8 Å². The minimum atomic E-state index is -0.166. The van der Waals surface area contributed by atoms with Gasteiger partial charge in [-0.2, -0.15) is 0 Å². The Labute approximate surface area is 165 Å². The van der Waals surface area contributed by atoms with Crippen molar-refractivity contribution in [2.24, 2.45) is 0 Å². The minimum absolute atomic E-state index is 0.166. The number of H-pyrrole nitrogens is 1. The number of β-amino-alcohol motifs (C(OH)–C–C–N with tert-alkyl or cyclic N) is 1. The number of nitrogens with zero attached hydrogens (tertiary/aromatic N) is 4. The summed E-state index contributed by atoms with van der Waals surface area (Å²) in [5, 5.41) is 10.6. The Kier molecular flexibility index (Phi) is 4.55. The SMILES string of the molecule is CN1CCN(c2ccc(-c3nccc4[nH]c(CN5CC(O)C5)cc34)cc2)CC1. The van der Waals surface area contributed by atoms with E-state index in [1.807, 2.05) is 12.3 Å². The van der Waals surface area contributed by atoms with Gasteiger partial charge in [-0.3, -0.25) is 9.88 Å². The topological polar surface area (TPSA) is 58.6 Å². The van der Waals surface area contributed by atoms with Crippen molar-refractivity contribution >= 4 is 16.6 Å². The van der Waals surface area contributed by atoms with E-state index in [-0.39, 0.29) is 6.10 Å². The van der Waals surface area contributed by atoms with Gasteiger partial charge in [0.15, 0.2) is 0 Å². The van der Waals surface area contributed by atoms with Gasteiger partial charge in [-0.1, -0.05) is 12.1 Å². The van der Waals surface area contributed by atoms with E-state index in [9.17, 15) is 5.11 Å². The summed E-state index contributed by atoms with van der Waals surface area (Å²) in [4.78, 5) is 15.3. The van der Waals surface area contributed by atoms with E-state index in [2.05, 4.69) is 62.0 Å². The number of aromatic amines is 1. The molecule has 0 aliphatic carbocycles. The fraction of sp³-hybridized carbons (Fsp3) is 0.409. The summed E-state index contributed by atoms with van der Waals surface area (Å²) in [6.45, 7) is 6.74. The number of aliphatic hydroxyl groups is 1. The molecule has 0 amide bonds. The van der Waals surface area contributed by atoms with Gasteiger partial charge in [-0.15, -0.1) is 0 Å². The third-order valence-corrected chi connectivity index (χ3v) is 5.94. The summed E-state index contributed by atoms with van der Waals surface area (Å²) >= 11 is 0. The first kappa shape index (κ1) is 17.7. The zero-order chi connectivity index (χ0) is 19.1. The largest absolute Gasteiger partial charge is 0.390 e. The van der Waals surface area contributed by atoms with E-state index < -0.39 is 0 Å². The van der Waals surface area contributed by atoms with Crippen LogP contribution in [0.15, 0.2) is 42.6 Å². The van der Waals surface area contributed by atoms with Gasteiger partial charge in [-0.05, 0) is 31.3 Å². The van der Waals surface area contributed by atoms with Crippen LogP contribution >= 0.6 is 0 Å². The molecule has 3 aromatic rings. The first-order chi connectivity index (χ1) is 13.7. The number of aromatic nitrogens is 2. The molecule has 5 rings (SSSR count). The Balaban J connectivity index is 1.38. The van der Waals surface area contributed by atoms with E-state index in [1.54, 1.807) is 0 Å². The molecule has 2 aliphatic rings. The summed E-state index contributed by atoms with van der Waals surface area (Å²) in [7, 11) is 2.18. The number of likely N-dealkylation sites (N-methyl/N-ethyl adjacent to an activating group) is 1. The highest BCUT2D eigenvalue weighted by Crippen LogP contribution is 2.29. The number of fused-ring (bicyclic) bond motifs is 1. The Hall–Kier alpha value is -2.41. The summed E-state index contributed by atoms with van der Waals surface area (Å²) in [6, 6.07) is 13.1.